The van der Waals surface area contributed by atoms with E-state index in [1.54, 1.807) is 29.2 Å². The van der Waals surface area contributed by atoms with Crippen molar-refractivity contribution in [2.24, 2.45) is 5.92 Å². The Morgan fingerprint density at radius 2 is 1.65 bits per heavy atom. The van der Waals surface area contributed by atoms with Gasteiger partial charge in [0.1, 0.15) is 11.4 Å². The van der Waals surface area contributed by atoms with Crippen LogP contribution in [0.1, 0.15) is 81.1 Å². The van der Waals surface area contributed by atoms with E-state index < -0.39 is 23.7 Å². The number of halogens is 3. The summed E-state index contributed by atoms with van der Waals surface area (Å²) in [5, 5.41) is 8.99. The third-order valence-electron chi connectivity index (χ3n) is 8.91. The van der Waals surface area contributed by atoms with Gasteiger partial charge < -0.3 is 25.8 Å². The van der Waals surface area contributed by atoms with E-state index in [-0.39, 0.29) is 43.1 Å². The number of hydrogen-bond acceptors (Lipinski definition) is 7. The van der Waals surface area contributed by atoms with Crippen molar-refractivity contribution in [1.82, 2.24) is 25.1 Å². The minimum Gasteiger partial charge on any atom is -0.366 e. The molecule has 9 nitrogen and oxygen atoms in total. The van der Waals surface area contributed by atoms with E-state index in [4.69, 9.17) is 0 Å². The molecule has 43 heavy (non-hydrogen) atoms. The van der Waals surface area contributed by atoms with Gasteiger partial charge in [-0.15, -0.1) is 0 Å². The molecule has 5 rings (SSSR count). The zero-order valence-electron chi connectivity index (χ0n) is 24.2. The van der Waals surface area contributed by atoms with Crippen LogP contribution in [0.4, 0.5) is 30.6 Å². The number of alkyl halides is 3. The summed E-state index contributed by atoms with van der Waals surface area (Å²) in [6.07, 6.45) is 3.93. The van der Waals surface area contributed by atoms with Crippen molar-refractivity contribution < 1.29 is 22.8 Å². The lowest BCUT2D eigenvalue weighted by molar-refractivity contribution is -0.137. The average Bonchev–Trinajstić information content (AvgIpc) is 3.65. The number of aromatic nitrogens is 2. The van der Waals surface area contributed by atoms with Crippen molar-refractivity contribution >= 4 is 29.3 Å². The molecule has 1 aromatic heterocycles. The van der Waals surface area contributed by atoms with Gasteiger partial charge in [-0.1, -0.05) is 26.7 Å². The summed E-state index contributed by atoms with van der Waals surface area (Å²) < 4.78 is 41.7. The fraction of sp³-hybridized carbons (Fsp3) is 0.613. The SMILES string of the molecule is C.CN1CCC(N(C)C(=O)c2ccc(Nc3ncc(C(F)(F)F)c(N[C@@H]4CCC[C@@H]4C(=O)NC4CCCC4)n3)cc2)CC1. The van der Waals surface area contributed by atoms with E-state index in [1.807, 2.05) is 7.05 Å². The van der Waals surface area contributed by atoms with Gasteiger partial charge in [0.25, 0.3) is 5.91 Å². The number of rotatable bonds is 8. The molecule has 3 fully saturated rings. The van der Waals surface area contributed by atoms with Gasteiger partial charge in [0.05, 0.1) is 5.92 Å². The van der Waals surface area contributed by atoms with Crippen LogP contribution in [0.5, 0.6) is 0 Å². The molecule has 1 aliphatic heterocycles. The van der Waals surface area contributed by atoms with Crippen LogP contribution in [-0.4, -0.2) is 76.9 Å². The fourth-order valence-electron chi connectivity index (χ4n) is 6.34. The average molecular weight is 604 g/mol. The molecule has 0 unspecified atom stereocenters. The molecule has 2 saturated carbocycles. The van der Waals surface area contributed by atoms with Crippen molar-refractivity contribution in [3.63, 3.8) is 0 Å². The minimum atomic E-state index is -4.66. The Labute approximate surface area is 252 Å². The first-order valence-corrected chi connectivity index (χ1v) is 14.9. The number of piperidine rings is 1. The first-order valence-electron chi connectivity index (χ1n) is 14.9. The lowest BCUT2D eigenvalue weighted by atomic mass is 10.0. The maximum absolute atomic E-state index is 13.9. The summed E-state index contributed by atoms with van der Waals surface area (Å²) in [5.41, 5.74) is 0.0857. The number of likely N-dealkylation sites (tertiary alicyclic amines) is 1. The molecule has 3 aliphatic rings. The van der Waals surface area contributed by atoms with Crippen LogP contribution in [0.2, 0.25) is 0 Å². The van der Waals surface area contributed by atoms with Crippen LogP contribution in [0.25, 0.3) is 0 Å². The molecule has 0 bridgehead atoms. The number of benzene rings is 1. The number of anilines is 3. The van der Waals surface area contributed by atoms with E-state index in [0.717, 1.165) is 64.2 Å². The summed E-state index contributed by atoms with van der Waals surface area (Å²) in [7, 11) is 3.90. The lowest BCUT2D eigenvalue weighted by Crippen LogP contribution is -2.44. The first-order chi connectivity index (χ1) is 20.1. The molecule has 236 valence electrons. The van der Waals surface area contributed by atoms with Crippen molar-refractivity contribution in [2.45, 2.75) is 89.5 Å². The summed E-state index contributed by atoms with van der Waals surface area (Å²) in [6, 6.07) is 6.62. The normalized spacial score (nSPS) is 21.7. The predicted octanol–water partition coefficient (Wildman–Crippen LogP) is 5.68. The molecule has 1 saturated heterocycles. The maximum atomic E-state index is 13.9. The molecule has 12 heteroatoms. The van der Waals surface area contributed by atoms with Crippen LogP contribution >= 0.6 is 0 Å². The third-order valence-corrected chi connectivity index (χ3v) is 8.91. The molecular weight excluding hydrogens is 559 g/mol. The van der Waals surface area contributed by atoms with E-state index in [0.29, 0.717) is 24.1 Å². The van der Waals surface area contributed by atoms with Crippen molar-refractivity contribution in [3.8, 4) is 0 Å². The number of amides is 2. The molecule has 2 atom stereocenters. The van der Waals surface area contributed by atoms with E-state index in [1.165, 1.54) is 0 Å². The summed E-state index contributed by atoms with van der Waals surface area (Å²) >= 11 is 0. The largest absolute Gasteiger partial charge is 0.421 e. The second-order valence-electron chi connectivity index (χ2n) is 11.9. The second kappa shape index (κ2) is 13.9. The Hall–Kier alpha value is -3.41. The predicted molar refractivity (Wildman–Crippen MR) is 161 cm³/mol. The zero-order valence-corrected chi connectivity index (χ0v) is 24.2. The third kappa shape index (κ3) is 7.95. The minimum absolute atomic E-state index is 0. The Morgan fingerprint density at radius 3 is 2.30 bits per heavy atom. The quantitative estimate of drug-likeness (QED) is 0.357. The topological polar surface area (TPSA) is 102 Å². The number of carbonyl (C=O) groups excluding carboxylic acids is 2. The highest BCUT2D eigenvalue weighted by atomic mass is 19.4. The second-order valence-corrected chi connectivity index (χ2v) is 11.9. The number of nitrogens with one attached hydrogen (secondary N) is 3. The highest BCUT2D eigenvalue weighted by Gasteiger charge is 2.39. The fourth-order valence-corrected chi connectivity index (χ4v) is 6.34. The number of carbonyl (C=O) groups is 2. The highest BCUT2D eigenvalue weighted by Crippen LogP contribution is 2.37. The first kappa shape index (κ1) is 32.5. The molecule has 2 aromatic rings. The molecule has 3 N–H and O–H groups in total. The molecular formula is C31H44F3N7O2. The molecule has 2 aliphatic carbocycles. The zero-order chi connectivity index (χ0) is 29.9. The van der Waals surface area contributed by atoms with Gasteiger partial charge in [0.2, 0.25) is 11.9 Å². The van der Waals surface area contributed by atoms with Crippen LogP contribution in [0, 0.1) is 5.92 Å². The Bertz CT molecular complexity index is 1240. The van der Waals surface area contributed by atoms with Gasteiger partial charge in [0, 0.05) is 42.6 Å². The van der Waals surface area contributed by atoms with Crippen molar-refractivity contribution in [2.75, 3.05) is 37.8 Å². The van der Waals surface area contributed by atoms with Gasteiger partial charge in [0.15, 0.2) is 0 Å². The van der Waals surface area contributed by atoms with Gasteiger partial charge in [-0.2, -0.15) is 18.2 Å². The smallest absolute Gasteiger partial charge is 0.366 e. The molecule has 1 aromatic carbocycles. The molecule has 0 spiro atoms. The van der Waals surface area contributed by atoms with Crippen molar-refractivity contribution in [1.29, 1.82) is 0 Å². The van der Waals surface area contributed by atoms with Crippen LogP contribution in [-0.2, 0) is 11.0 Å². The van der Waals surface area contributed by atoms with Crippen LogP contribution < -0.4 is 16.0 Å². The van der Waals surface area contributed by atoms with Gasteiger partial charge in [-0.25, -0.2) is 4.98 Å². The molecule has 2 heterocycles. The number of nitrogens with zero attached hydrogens (tertiary/aromatic N) is 4. The molecule has 2 amide bonds. The van der Waals surface area contributed by atoms with Crippen LogP contribution in [0.3, 0.4) is 0 Å². The van der Waals surface area contributed by atoms with Gasteiger partial charge >= 0.3 is 6.18 Å². The number of hydrogen-bond donors (Lipinski definition) is 3. The lowest BCUT2D eigenvalue weighted by Gasteiger charge is -2.35. The Morgan fingerprint density at radius 1 is 0.977 bits per heavy atom. The van der Waals surface area contributed by atoms with E-state index in [2.05, 4.69) is 37.9 Å². The van der Waals surface area contributed by atoms with E-state index >= 15 is 0 Å². The summed E-state index contributed by atoms with van der Waals surface area (Å²) in [5.74, 6) is -0.962. The highest BCUT2D eigenvalue weighted by molar-refractivity contribution is 5.94. The van der Waals surface area contributed by atoms with Crippen molar-refractivity contribution in [3.05, 3.63) is 41.6 Å². The molecule has 0 radical (unpaired) electrons. The summed E-state index contributed by atoms with van der Waals surface area (Å²) in [6.45, 7) is 1.90. The maximum Gasteiger partial charge on any atom is 0.421 e. The van der Waals surface area contributed by atoms with Crippen LogP contribution in [0.15, 0.2) is 30.5 Å². The van der Waals surface area contributed by atoms with Gasteiger partial charge in [-0.3, -0.25) is 9.59 Å². The monoisotopic (exact) mass is 603 g/mol. The Balaban J connectivity index is 0.00000423. The van der Waals surface area contributed by atoms with Gasteiger partial charge in [-0.05, 0) is 82.9 Å². The Kier molecular flexibility index (Phi) is 10.5. The summed E-state index contributed by atoms with van der Waals surface area (Å²) in [4.78, 5) is 38.1. The standard InChI is InChI=1S/C30H40F3N7O2.CH4/c1-39-16-14-22(15-17-39)40(2)28(42)19-10-12-21(13-11-19)36-29-34-18-24(30(31,32)33)26(38-29)37-25-9-5-8-23(25)27(41)35-20-6-3-4-7-20;/h10-13,18,20,22-23,25H,3-9,14-17H2,1-2H3,(H,35,41)(H2,34,36,37,38);1H4/t23-,25+;/m0./s1. The van der Waals surface area contributed by atoms with E-state index in [9.17, 15) is 22.8 Å².